The summed E-state index contributed by atoms with van der Waals surface area (Å²) >= 11 is 0. The highest BCUT2D eigenvalue weighted by Gasteiger charge is 2.21. The van der Waals surface area contributed by atoms with Gasteiger partial charge in [0.2, 0.25) is 11.8 Å². The van der Waals surface area contributed by atoms with Gasteiger partial charge in [-0.15, -0.1) is 0 Å². The summed E-state index contributed by atoms with van der Waals surface area (Å²) in [5.41, 5.74) is 7.87. The largest absolute Gasteiger partial charge is 0.497 e. The summed E-state index contributed by atoms with van der Waals surface area (Å²) in [4.78, 5) is 44.7. The number of carbonyl (C=O) groups excluding carboxylic acids is 3. The van der Waals surface area contributed by atoms with E-state index in [1.54, 1.807) is 13.2 Å². The van der Waals surface area contributed by atoms with Gasteiger partial charge >= 0.3 is 0 Å². The number of nitrogens with one attached hydrogen (secondary N) is 4. The Bertz CT molecular complexity index is 1180. The molecule has 1 saturated heterocycles. The second-order valence-corrected chi connectivity index (χ2v) is 9.00. The smallest absolute Gasteiger partial charge is 0.271 e. The first-order chi connectivity index (χ1) is 18.8. The molecule has 3 amide bonds. The summed E-state index contributed by atoms with van der Waals surface area (Å²) in [6.07, 6.45) is 4.13. The average Bonchev–Trinajstić information content (AvgIpc) is 2.93. The Morgan fingerprint density at radius 2 is 1.90 bits per heavy atom. The summed E-state index contributed by atoms with van der Waals surface area (Å²) < 4.78 is 10.9. The molecule has 0 bridgehead atoms. The van der Waals surface area contributed by atoms with Gasteiger partial charge < -0.3 is 36.5 Å². The maximum Gasteiger partial charge on any atom is 0.271 e. The zero-order valence-electron chi connectivity index (χ0n) is 22.5. The first-order valence-electron chi connectivity index (χ1n) is 13.0. The van der Waals surface area contributed by atoms with Crippen LogP contribution in [0.4, 0.5) is 17.3 Å². The van der Waals surface area contributed by atoms with Crippen molar-refractivity contribution >= 4 is 35.0 Å². The van der Waals surface area contributed by atoms with E-state index in [4.69, 9.17) is 20.2 Å². The fraction of sp³-hybridized carbons (Fsp3) is 0.444. The third-order valence-corrected chi connectivity index (χ3v) is 6.14. The van der Waals surface area contributed by atoms with Crippen molar-refractivity contribution < 1.29 is 23.9 Å². The van der Waals surface area contributed by atoms with Gasteiger partial charge in [0.1, 0.15) is 5.75 Å². The van der Waals surface area contributed by atoms with Crippen LogP contribution in [0.15, 0.2) is 30.9 Å². The molecular formula is C27H37N7O5. The van der Waals surface area contributed by atoms with Crippen molar-refractivity contribution in [2.45, 2.75) is 45.1 Å². The Balaban J connectivity index is 1.74. The zero-order chi connectivity index (χ0) is 28.2. The molecule has 1 aliphatic heterocycles. The van der Waals surface area contributed by atoms with Gasteiger partial charge in [0.05, 0.1) is 12.8 Å². The maximum atomic E-state index is 12.3. The second-order valence-electron chi connectivity index (χ2n) is 9.00. The first kappa shape index (κ1) is 29.4. The van der Waals surface area contributed by atoms with Gasteiger partial charge in [-0.25, -0.2) is 9.97 Å². The molecule has 39 heavy (non-hydrogen) atoms. The van der Waals surface area contributed by atoms with Gasteiger partial charge in [0.25, 0.3) is 5.91 Å². The lowest BCUT2D eigenvalue weighted by Gasteiger charge is -2.25. The molecule has 6 N–H and O–H groups in total. The minimum atomic E-state index is -0.688. The standard InChI is InChI=1S/C27H37N7O5/c1-4-21-26(31-18-8-12-39-13-9-18)34-27(24(33-21)25(28)37)32-19-14-17(15-20(16-19)38-3)6-10-30-23(36)7-11-29-22(35)5-2/h5,14-16,18H,2,4,6-13H2,1,3H3,(H2,28,37)(H,29,35)(H,30,36)(H2,31,32,34). The van der Waals surface area contributed by atoms with E-state index < -0.39 is 5.91 Å². The summed E-state index contributed by atoms with van der Waals surface area (Å²) in [5, 5.41) is 12.0. The average molecular weight is 540 g/mol. The van der Waals surface area contributed by atoms with E-state index in [9.17, 15) is 14.4 Å². The Morgan fingerprint density at radius 1 is 1.13 bits per heavy atom. The van der Waals surface area contributed by atoms with Crippen LogP contribution in [-0.4, -0.2) is 67.1 Å². The van der Waals surface area contributed by atoms with E-state index >= 15 is 0 Å². The molecule has 2 aromatic rings. The number of methoxy groups -OCH3 is 1. The number of ether oxygens (including phenoxy) is 2. The van der Waals surface area contributed by atoms with Crippen molar-refractivity contribution in [3.63, 3.8) is 0 Å². The van der Waals surface area contributed by atoms with Gasteiger partial charge in [0.15, 0.2) is 17.3 Å². The lowest BCUT2D eigenvalue weighted by Crippen LogP contribution is -2.30. The van der Waals surface area contributed by atoms with Crippen LogP contribution in [0.1, 0.15) is 47.9 Å². The minimum absolute atomic E-state index is 0.0459. The van der Waals surface area contributed by atoms with Gasteiger partial charge in [-0.05, 0) is 49.5 Å². The number of primary amides is 1. The minimum Gasteiger partial charge on any atom is -0.497 e. The highest BCUT2D eigenvalue weighted by atomic mass is 16.5. The third kappa shape index (κ3) is 8.95. The number of nitrogens with zero attached hydrogens (tertiary/aromatic N) is 2. The van der Waals surface area contributed by atoms with Crippen molar-refractivity contribution in [1.82, 2.24) is 20.6 Å². The van der Waals surface area contributed by atoms with Crippen molar-refractivity contribution in [3.8, 4) is 5.75 Å². The Morgan fingerprint density at radius 3 is 2.56 bits per heavy atom. The van der Waals surface area contributed by atoms with Gasteiger partial charge in [-0.1, -0.05) is 13.5 Å². The van der Waals surface area contributed by atoms with E-state index in [0.717, 1.165) is 24.5 Å². The number of carbonyl (C=O) groups is 3. The van der Waals surface area contributed by atoms with Crippen molar-refractivity contribution in [2.75, 3.05) is 44.0 Å². The summed E-state index contributed by atoms with van der Waals surface area (Å²) in [6, 6.07) is 5.71. The molecule has 1 fully saturated rings. The molecule has 3 rings (SSSR count). The van der Waals surface area contributed by atoms with Crippen LogP contribution in [-0.2, 0) is 27.2 Å². The summed E-state index contributed by atoms with van der Waals surface area (Å²) in [6.45, 7) is 7.29. The van der Waals surface area contributed by atoms with Gasteiger partial charge in [-0.2, -0.15) is 0 Å². The highest BCUT2D eigenvalue weighted by Crippen LogP contribution is 2.27. The molecule has 12 heteroatoms. The number of aryl methyl sites for hydroxylation is 1. The predicted octanol–water partition coefficient (Wildman–Crippen LogP) is 1.83. The fourth-order valence-electron chi connectivity index (χ4n) is 4.06. The molecule has 0 aliphatic carbocycles. The van der Waals surface area contributed by atoms with Crippen LogP contribution < -0.4 is 31.7 Å². The normalized spacial score (nSPS) is 13.3. The molecule has 0 radical (unpaired) electrons. The predicted molar refractivity (Wildman–Crippen MR) is 148 cm³/mol. The molecule has 1 aliphatic rings. The number of amides is 3. The Hall–Kier alpha value is -4.19. The van der Waals surface area contributed by atoms with Crippen LogP contribution >= 0.6 is 0 Å². The number of aromatic nitrogens is 2. The molecule has 0 spiro atoms. The molecule has 0 atom stereocenters. The van der Waals surface area contributed by atoms with E-state index in [-0.39, 0.29) is 42.3 Å². The van der Waals surface area contributed by atoms with Crippen molar-refractivity contribution in [2.24, 2.45) is 5.73 Å². The lowest BCUT2D eigenvalue weighted by molar-refractivity contribution is -0.121. The summed E-state index contributed by atoms with van der Waals surface area (Å²) in [7, 11) is 1.56. The van der Waals surface area contributed by atoms with Crippen LogP contribution in [0.3, 0.4) is 0 Å². The third-order valence-electron chi connectivity index (χ3n) is 6.14. The lowest BCUT2D eigenvalue weighted by atomic mass is 10.1. The quantitative estimate of drug-likeness (QED) is 0.225. The monoisotopic (exact) mass is 539 g/mol. The molecule has 1 aromatic heterocycles. The van der Waals surface area contributed by atoms with Gasteiger partial charge in [0, 0.05) is 50.5 Å². The molecule has 0 saturated carbocycles. The molecule has 0 unspecified atom stereocenters. The topological polar surface area (TPSA) is 170 Å². The van der Waals surface area contributed by atoms with Gasteiger partial charge in [-0.3, -0.25) is 14.4 Å². The number of hydrogen-bond donors (Lipinski definition) is 5. The number of hydrogen-bond acceptors (Lipinski definition) is 9. The molecule has 210 valence electrons. The van der Waals surface area contributed by atoms with E-state index in [1.807, 2.05) is 19.1 Å². The summed E-state index contributed by atoms with van der Waals surface area (Å²) in [5.74, 6) is 0.248. The molecule has 2 heterocycles. The van der Waals surface area contributed by atoms with Crippen LogP contribution in [0.2, 0.25) is 0 Å². The fourth-order valence-corrected chi connectivity index (χ4v) is 4.06. The molecule has 12 nitrogen and oxygen atoms in total. The van der Waals surface area contributed by atoms with Crippen LogP contribution in [0.25, 0.3) is 0 Å². The van der Waals surface area contributed by atoms with E-state index in [2.05, 4.69) is 32.8 Å². The van der Waals surface area contributed by atoms with E-state index in [1.165, 1.54) is 0 Å². The number of anilines is 3. The number of rotatable bonds is 14. The zero-order valence-corrected chi connectivity index (χ0v) is 22.5. The SMILES string of the molecule is C=CC(=O)NCCC(=O)NCCc1cc(Nc2nc(NC3CCOCC3)c(CC)nc2C(N)=O)cc(OC)c1. The van der Waals surface area contributed by atoms with Crippen LogP contribution in [0.5, 0.6) is 5.75 Å². The van der Waals surface area contributed by atoms with E-state index in [0.29, 0.717) is 55.5 Å². The first-order valence-corrected chi connectivity index (χ1v) is 13.0. The number of benzene rings is 1. The van der Waals surface area contributed by atoms with Crippen LogP contribution in [0, 0.1) is 0 Å². The Labute approximate surface area is 228 Å². The molecular weight excluding hydrogens is 502 g/mol. The highest BCUT2D eigenvalue weighted by molar-refractivity contribution is 5.96. The van der Waals surface area contributed by atoms with Crippen molar-refractivity contribution in [1.29, 1.82) is 0 Å². The Kier molecular flexibility index (Phi) is 11.0. The molecule has 1 aromatic carbocycles. The second kappa shape index (κ2) is 14.7. The van der Waals surface area contributed by atoms with Crippen molar-refractivity contribution in [3.05, 3.63) is 47.8 Å². The number of nitrogens with two attached hydrogens (primary N) is 1. The maximum absolute atomic E-state index is 12.3.